The Morgan fingerprint density at radius 3 is 1.69 bits per heavy atom. The molecule has 2 saturated heterocycles. The highest BCUT2D eigenvalue weighted by atomic mass is 79.9. The van der Waals surface area contributed by atoms with Crippen LogP contribution in [0.15, 0.2) is 89.9 Å². The quantitative estimate of drug-likeness (QED) is 0.0140. The van der Waals surface area contributed by atoms with E-state index >= 15 is 0 Å². The number of carbonyl (C=O) groups is 2. The van der Waals surface area contributed by atoms with Crippen LogP contribution in [0.25, 0.3) is 0 Å². The number of thioether (sulfide) groups is 1. The average molecular weight is 1210 g/mol. The largest absolute Gasteiger partial charge is 0.383 e. The number of thiocarbonyl (C=S) groups is 1. The van der Waals surface area contributed by atoms with Crippen molar-refractivity contribution in [1.29, 1.82) is 0 Å². The van der Waals surface area contributed by atoms with E-state index in [1.165, 1.54) is 29.6 Å². The molecule has 0 aliphatic carbocycles. The molecule has 0 amide bonds. The molecular formula is C48H61Br2F4N10O4PS3. The van der Waals surface area contributed by atoms with Crippen molar-refractivity contribution in [1.82, 2.24) is 14.8 Å². The molecular weight excluding hydrogens is 1140 g/mol. The summed E-state index contributed by atoms with van der Waals surface area (Å²) in [4.78, 5) is 41.7. The molecule has 72 heavy (non-hydrogen) atoms. The fraction of sp³-hybridized carbons (Fsp3) is 0.354. The third-order valence-corrected chi connectivity index (χ3v) is 13.2. The molecule has 0 spiro atoms. The lowest BCUT2D eigenvalue weighted by molar-refractivity contribution is 0.102. The summed E-state index contributed by atoms with van der Waals surface area (Å²) in [7, 11) is 3.47. The van der Waals surface area contributed by atoms with Crippen LogP contribution in [0.5, 0.6) is 0 Å². The van der Waals surface area contributed by atoms with Gasteiger partial charge in [-0.25, -0.2) is 22.5 Å². The minimum atomic E-state index is -1.08. The molecule has 0 saturated carbocycles. The zero-order valence-corrected chi connectivity index (χ0v) is 47.3. The number of rotatable bonds is 16. The van der Waals surface area contributed by atoms with Crippen molar-refractivity contribution < 1.29 is 36.6 Å². The molecule has 1 atom stereocenters. The van der Waals surface area contributed by atoms with Crippen LogP contribution in [0, 0.1) is 23.3 Å². The Bertz CT molecular complexity index is 2520. The van der Waals surface area contributed by atoms with Crippen molar-refractivity contribution in [3.05, 3.63) is 124 Å². The van der Waals surface area contributed by atoms with Gasteiger partial charge < -0.3 is 41.4 Å². The first-order valence-corrected chi connectivity index (χ1v) is 25.5. The van der Waals surface area contributed by atoms with Gasteiger partial charge in [-0.1, -0.05) is 46.0 Å². The highest BCUT2D eigenvalue weighted by molar-refractivity contribution is 9.09. The number of anilines is 6. The number of nitrogen functional groups attached to an aromatic ring is 1. The molecule has 392 valence electrons. The van der Waals surface area contributed by atoms with Crippen molar-refractivity contribution in [2.75, 3.05) is 130 Å². The highest BCUT2D eigenvalue weighted by Crippen LogP contribution is 2.31. The Labute approximate surface area is 454 Å². The minimum Gasteiger partial charge on any atom is -0.383 e. The van der Waals surface area contributed by atoms with Gasteiger partial charge in [-0.2, -0.15) is 14.9 Å². The van der Waals surface area contributed by atoms with Crippen molar-refractivity contribution >= 4 is 134 Å². The topological polar surface area (TPSA) is 167 Å². The van der Waals surface area contributed by atoms with Crippen LogP contribution < -0.4 is 31.9 Å². The number of halogens is 6. The maximum absolute atomic E-state index is 13.5. The molecule has 0 bridgehead atoms. The molecule has 5 aromatic rings. The molecule has 24 heteroatoms. The number of hydrogen-bond acceptors (Lipinski definition) is 14. The van der Waals surface area contributed by atoms with Crippen LogP contribution in [0.4, 0.5) is 51.3 Å². The number of piperazine rings is 2. The maximum atomic E-state index is 13.5. The number of hydrogen-bond donors (Lipinski definition) is 4. The third kappa shape index (κ3) is 19.5. The number of benzene rings is 4. The second-order valence-corrected chi connectivity index (χ2v) is 18.8. The summed E-state index contributed by atoms with van der Waals surface area (Å²) in [5, 5.41) is 7.68. The third-order valence-electron chi connectivity index (χ3n) is 10.8. The van der Waals surface area contributed by atoms with E-state index in [1.807, 2.05) is 43.3 Å². The van der Waals surface area contributed by atoms with Crippen LogP contribution >= 0.6 is 78.1 Å². The number of Topliss-reactive ketones (excluding diaryl/α,β-unsaturated/α-hetero) is 1. The lowest BCUT2D eigenvalue weighted by Gasteiger charge is -2.36. The zero-order chi connectivity index (χ0) is 50.6. The van der Waals surface area contributed by atoms with Gasteiger partial charge in [-0.15, -0.1) is 17.0 Å². The molecule has 2 fully saturated rings. The second kappa shape index (κ2) is 32.1. The molecule has 3 heterocycles. The van der Waals surface area contributed by atoms with Crippen LogP contribution in [0.2, 0.25) is 0 Å². The first-order chi connectivity index (χ1) is 33.7. The molecule has 4 aromatic carbocycles. The predicted octanol–water partition coefficient (Wildman–Crippen LogP) is 9.14. The van der Waals surface area contributed by atoms with Crippen LogP contribution in [0.1, 0.15) is 32.5 Å². The Hall–Kier alpha value is -4.29. The Morgan fingerprint density at radius 1 is 0.764 bits per heavy atom. The summed E-state index contributed by atoms with van der Waals surface area (Å²) in [5.41, 5.74) is 16.0. The molecule has 7 rings (SSSR count). The van der Waals surface area contributed by atoms with E-state index < -0.39 is 29.1 Å². The van der Waals surface area contributed by atoms with E-state index in [2.05, 4.69) is 68.3 Å². The van der Waals surface area contributed by atoms with E-state index in [0.29, 0.717) is 15.4 Å². The van der Waals surface area contributed by atoms with Crippen molar-refractivity contribution in [3.63, 3.8) is 0 Å². The molecule has 0 radical (unpaired) electrons. The highest BCUT2D eigenvalue weighted by Gasteiger charge is 2.21. The van der Waals surface area contributed by atoms with Gasteiger partial charge in [-0.05, 0) is 103 Å². The Kier molecular flexibility index (Phi) is 27.7. The molecule has 1 aromatic heterocycles. The summed E-state index contributed by atoms with van der Waals surface area (Å²) in [6, 6.07) is 22.3. The molecule has 6 N–H and O–H groups in total. The Balaban J connectivity index is 0.000000310. The minimum absolute atomic E-state index is 0. The van der Waals surface area contributed by atoms with Crippen LogP contribution in [-0.2, 0) is 9.47 Å². The number of aliphatic imine (C=N–C) groups is 1. The number of thiazole rings is 1. The van der Waals surface area contributed by atoms with Crippen molar-refractivity contribution in [2.45, 2.75) is 6.92 Å². The number of amidine groups is 1. The first kappa shape index (κ1) is 62.0. The number of nitrogens with two attached hydrogens (primary N) is 2. The fourth-order valence-corrected chi connectivity index (χ4v) is 8.95. The van der Waals surface area contributed by atoms with E-state index in [-0.39, 0.29) is 59.8 Å². The normalized spacial score (nSPS) is 13.9. The smallest absolute Gasteiger partial charge is 0.206 e. The molecule has 1 unspecified atom stereocenters. The van der Waals surface area contributed by atoms with Gasteiger partial charge in [0.15, 0.2) is 44.5 Å². The number of ether oxygens (including phenoxy) is 2. The standard InChI is InChI=1S/C23H25F2N5O2S.C17H27N5OS2.C8H5BrF2O.BrH.H3P/c1-32-13-12-29-8-10-30(11-9-29)17-5-3-16(4-6-17)27-23-28-22(26)21(33-23)20(31)15-2-7-18(24)19(25)14-15;1-3-25-16(18)20-17(24)19-14-4-6-15(7-5-14)22-10-8-21(9-11-22)12-13-23-2;9-4-8(12)5-1-2-6(10)7(11)3-5;;/h2-7,14H,8-13,26H2,1H3,(H,27,28);4-7H,3,8-13H2,1-2H3,(H3,18,19,20,24);1-3H,4H2;1H;1H3. The lowest BCUT2D eigenvalue weighted by Crippen LogP contribution is -2.47. The predicted molar refractivity (Wildman–Crippen MR) is 305 cm³/mol. The van der Waals surface area contributed by atoms with Crippen LogP contribution in [0.3, 0.4) is 0 Å². The second-order valence-electron chi connectivity index (χ2n) is 15.6. The van der Waals surface area contributed by atoms with Gasteiger partial charge in [0.1, 0.15) is 10.7 Å². The average Bonchev–Trinajstić information content (AvgIpc) is 3.74. The zero-order valence-electron chi connectivity index (χ0n) is 40.2. The first-order valence-electron chi connectivity index (χ1n) is 22.2. The number of nitrogens with zero attached hydrogens (tertiary/aromatic N) is 6. The van der Waals surface area contributed by atoms with Gasteiger partial charge in [-0.3, -0.25) is 19.4 Å². The monoisotopic (exact) mass is 1200 g/mol. The number of methoxy groups -OCH3 is 2. The maximum Gasteiger partial charge on any atom is 0.206 e. The summed E-state index contributed by atoms with van der Waals surface area (Å²) in [6.07, 6.45) is 0. The molecule has 2 aliphatic rings. The van der Waals surface area contributed by atoms with Crippen LogP contribution in [-0.4, -0.2) is 141 Å². The SMILES string of the molecule is Br.CCSC(N)=NC(=S)Nc1ccc(N2CCN(CCOC)CC2)cc1.COCCN1CCN(c2ccc(Nc3nc(N)c(C(=O)c4ccc(F)c(F)c4)s3)cc2)CC1.O=C(CBr)c1ccc(F)c(F)c1.P. The van der Waals surface area contributed by atoms with Gasteiger partial charge in [0, 0.05) is 114 Å². The van der Waals surface area contributed by atoms with Crippen molar-refractivity contribution in [3.8, 4) is 0 Å². The number of nitrogens with one attached hydrogen (secondary N) is 2. The summed E-state index contributed by atoms with van der Waals surface area (Å²) >= 11 is 10.7. The number of aromatic nitrogens is 1. The van der Waals surface area contributed by atoms with Gasteiger partial charge >= 0.3 is 0 Å². The summed E-state index contributed by atoms with van der Waals surface area (Å²) in [5.74, 6) is -3.89. The van der Waals surface area contributed by atoms with Gasteiger partial charge in [0.2, 0.25) is 5.78 Å². The summed E-state index contributed by atoms with van der Waals surface area (Å²) in [6.45, 7) is 13.6. The molecule has 2 aliphatic heterocycles. The van der Waals surface area contributed by atoms with Gasteiger partial charge in [0.25, 0.3) is 0 Å². The Morgan fingerprint density at radius 2 is 1.24 bits per heavy atom. The van der Waals surface area contributed by atoms with E-state index in [0.717, 1.165) is 137 Å². The number of ketones is 2. The molecule has 14 nitrogen and oxygen atoms in total. The van der Waals surface area contributed by atoms with E-state index in [4.69, 9.17) is 33.2 Å². The summed E-state index contributed by atoms with van der Waals surface area (Å²) < 4.78 is 61.8. The van der Waals surface area contributed by atoms with E-state index in [9.17, 15) is 27.2 Å². The number of alkyl halides is 1. The fourth-order valence-electron chi connectivity index (χ4n) is 7.03. The van der Waals surface area contributed by atoms with Crippen molar-refractivity contribution in [2.24, 2.45) is 10.7 Å². The van der Waals surface area contributed by atoms with Gasteiger partial charge in [0.05, 0.1) is 18.5 Å². The lowest BCUT2D eigenvalue weighted by atomic mass is 10.1. The number of carbonyl (C=O) groups excluding carboxylic acids is 2. The van der Waals surface area contributed by atoms with E-state index in [1.54, 1.807) is 14.2 Å².